The molecule has 3 nitrogen and oxygen atoms in total. The molecule has 1 N–H and O–H groups in total. The molecule has 0 spiro atoms. The van der Waals surface area contributed by atoms with Crippen LogP contribution in [-0.2, 0) is 6.61 Å². The fraction of sp³-hybridized carbons (Fsp3) is 0.700. The standard InChI is InChI=1S/C10H14N2OS/c13-6-9-4-11-10(14-9)12-5-7-1-2-8(12)3-7/h4,7-8,13H,1-3,5-6H2. The number of thiazole rings is 1. The number of hydrogen-bond donors (Lipinski definition) is 1. The molecule has 2 fully saturated rings. The zero-order valence-electron chi connectivity index (χ0n) is 8.02. The first kappa shape index (κ1) is 8.68. The molecule has 1 aromatic heterocycles. The molecule has 0 amide bonds. The molecular weight excluding hydrogens is 196 g/mol. The van der Waals surface area contributed by atoms with Gasteiger partial charge in [-0.3, -0.25) is 0 Å². The number of hydrogen-bond acceptors (Lipinski definition) is 4. The van der Waals surface area contributed by atoms with Crippen LogP contribution in [0.5, 0.6) is 0 Å². The molecule has 0 aromatic carbocycles. The van der Waals surface area contributed by atoms with Crippen LogP contribution in [0.1, 0.15) is 24.1 Å². The third-order valence-electron chi connectivity index (χ3n) is 3.35. The van der Waals surface area contributed by atoms with Gasteiger partial charge in [0.25, 0.3) is 0 Å². The third-order valence-corrected chi connectivity index (χ3v) is 4.37. The Kier molecular flexibility index (Phi) is 1.99. The largest absolute Gasteiger partial charge is 0.391 e. The van der Waals surface area contributed by atoms with Crippen molar-refractivity contribution in [2.24, 2.45) is 5.92 Å². The van der Waals surface area contributed by atoms with Crippen LogP contribution in [0.3, 0.4) is 0 Å². The molecule has 1 saturated carbocycles. The Balaban J connectivity index is 1.82. The van der Waals surface area contributed by atoms with Gasteiger partial charge in [0, 0.05) is 18.8 Å². The molecule has 2 bridgehead atoms. The highest BCUT2D eigenvalue weighted by Crippen LogP contribution is 2.41. The smallest absolute Gasteiger partial charge is 0.185 e. The van der Waals surface area contributed by atoms with Gasteiger partial charge in [0.15, 0.2) is 5.13 Å². The van der Waals surface area contributed by atoms with Crippen LogP contribution in [0.4, 0.5) is 5.13 Å². The molecule has 2 atom stereocenters. The van der Waals surface area contributed by atoms with Gasteiger partial charge in [0.2, 0.25) is 0 Å². The van der Waals surface area contributed by atoms with E-state index in [1.54, 1.807) is 17.5 Å². The number of aliphatic hydroxyl groups excluding tert-OH is 1. The van der Waals surface area contributed by atoms with E-state index in [2.05, 4.69) is 9.88 Å². The van der Waals surface area contributed by atoms with Crippen molar-refractivity contribution in [3.05, 3.63) is 11.1 Å². The summed E-state index contributed by atoms with van der Waals surface area (Å²) in [5.41, 5.74) is 0. The van der Waals surface area contributed by atoms with Crippen molar-refractivity contribution >= 4 is 16.5 Å². The second-order valence-electron chi connectivity index (χ2n) is 4.25. The average Bonchev–Trinajstić information content (AvgIpc) is 2.93. The van der Waals surface area contributed by atoms with Gasteiger partial charge in [0.1, 0.15) is 0 Å². The van der Waals surface area contributed by atoms with Crippen molar-refractivity contribution in [1.82, 2.24) is 4.98 Å². The normalized spacial score (nSPS) is 30.2. The van der Waals surface area contributed by atoms with E-state index in [4.69, 9.17) is 5.11 Å². The molecule has 3 rings (SSSR count). The number of aliphatic hydroxyl groups is 1. The Morgan fingerprint density at radius 2 is 2.50 bits per heavy atom. The van der Waals surface area contributed by atoms with Crippen LogP contribution in [0, 0.1) is 5.92 Å². The quantitative estimate of drug-likeness (QED) is 0.806. The van der Waals surface area contributed by atoms with Gasteiger partial charge in [-0.15, -0.1) is 0 Å². The molecule has 1 aliphatic carbocycles. The van der Waals surface area contributed by atoms with Gasteiger partial charge < -0.3 is 10.0 Å². The summed E-state index contributed by atoms with van der Waals surface area (Å²) in [6.07, 6.45) is 5.89. The van der Waals surface area contributed by atoms with E-state index in [-0.39, 0.29) is 6.61 Å². The molecule has 2 unspecified atom stereocenters. The summed E-state index contributed by atoms with van der Waals surface area (Å²) in [5.74, 6) is 0.904. The number of piperidine rings is 1. The second kappa shape index (κ2) is 3.21. The Bertz CT molecular complexity index is 339. The highest BCUT2D eigenvalue weighted by atomic mass is 32.1. The maximum absolute atomic E-state index is 8.98. The summed E-state index contributed by atoms with van der Waals surface area (Å²) in [6, 6.07) is 0.734. The summed E-state index contributed by atoms with van der Waals surface area (Å²) in [7, 11) is 0. The van der Waals surface area contributed by atoms with Gasteiger partial charge in [-0.25, -0.2) is 4.98 Å². The molecule has 76 valence electrons. The first-order chi connectivity index (χ1) is 6.86. The van der Waals surface area contributed by atoms with Crippen molar-refractivity contribution in [3.63, 3.8) is 0 Å². The molecular formula is C10H14N2OS. The van der Waals surface area contributed by atoms with Crippen molar-refractivity contribution in [1.29, 1.82) is 0 Å². The van der Waals surface area contributed by atoms with E-state index in [0.29, 0.717) is 0 Å². The SMILES string of the molecule is OCc1cnc(N2CC3CCC2C3)s1. The average molecular weight is 210 g/mol. The minimum absolute atomic E-state index is 0.125. The summed E-state index contributed by atoms with van der Waals surface area (Å²) < 4.78 is 0. The van der Waals surface area contributed by atoms with Crippen LogP contribution in [0.25, 0.3) is 0 Å². The predicted octanol–water partition coefficient (Wildman–Crippen LogP) is 1.62. The number of anilines is 1. The lowest BCUT2D eigenvalue weighted by atomic mass is 10.1. The maximum atomic E-state index is 8.98. The highest BCUT2D eigenvalue weighted by Gasteiger charge is 2.38. The van der Waals surface area contributed by atoms with E-state index in [1.807, 2.05) is 0 Å². The van der Waals surface area contributed by atoms with Gasteiger partial charge in [0.05, 0.1) is 11.5 Å². The maximum Gasteiger partial charge on any atom is 0.185 e. The summed E-state index contributed by atoms with van der Waals surface area (Å²) in [6.45, 7) is 1.31. The monoisotopic (exact) mass is 210 g/mol. The topological polar surface area (TPSA) is 36.4 Å². The predicted molar refractivity (Wildman–Crippen MR) is 56.5 cm³/mol. The van der Waals surface area contributed by atoms with E-state index in [9.17, 15) is 0 Å². The molecule has 1 aliphatic heterocycles. The molecule has 2 aliphatic rings. The number of nitrogens with zero attached hydrogens (tertiary/aromatic N) is 2. The number of fused-ring (bicyclic) bond motifs is 2. The lowest BCUT2D eigenvalue weighted by Crippen LogP contribution is -2.31. The number of rotatable bonds is 2. The first-order valence-electron chi connectivity index (χ1n) is 5.19. The molecule has 1 saturated heterocycles. The Hall–Kier alpha value is -0.610. The fourth-order valence-electron chi connectivity index (χ4n) is 2.66. The first-order valence-corrected chi connectivity index (χ1v) is 6.00. The Labute approximate surface area is 87.4 Å². The van der Waals surface area contributed by atoms with Crippen molar-refractivity contribution in [3.8, 4) is 0 Å². The molecule has 0 radical (unpaired) electrons. The van der Waals surface area contributed by atoms with Crippen LogP contribution < -0.4 is 4.90 Å². The lowest BCUT2D eigenvalue weighted by Gasteiger charge is -2.26. The van der Waals surface area contributed by atoms with Gasteiger partial charge in [-0.1, -0.05) is 11.3 Å². The lowest BCUT2D eigenvalue weighted by molar-refractivity contribution is 0.285. The highest BCUT2D eigenvalue weighted by molar-refractivity contribution is 7.15. The summed E-state index contributed by atoms with van der Waals surface area (Å²) >= 11 is 1.63. The van der Waals surface area contributed by atoms with Crippen LogP contribution >= 0.6 is 11.3 Å². The molecule has 4 heteroatoms. The fourth-order valence-corrected chi connectivity index (χ4v) is 3.51. The Morgan fingerprint density at radius 1 is 1.57 bits per heavy atom. The Morgan fingerprint density at radius 3 is 3.07 bits per heavy atom. The molecule has 2 heterocycles. The van der Waals surface area contributed by atoms with Crippen molar-refractivity contribution < 1.29 is 5.11 Å². The molecule has 1 aromatic rings. The summed E-state index contributed by atoms with van der Waals surface area (Å²) in [4.78, 5) is 7.78. The summed E-state index contributed by atoms with van der Waals surface area (Å²) in [5, 5.41) is 10.1. The zero-order chi connectivity index (χ0) is 9.54. The molecule has 14 heavy (non-hydrogen) atoms. The van der Waals surface area contributed by atoms with Gasteiger partial charge >= 0.3 is 0 Å². The minimum atomic E-state index is 0.125. The van der Waals surface area contributed by atoms with Crippen LogP contribution in [-0.4, -0.2) is 22.7 Å². The van der Waals surface area contributed by atoms with Gasteiger partial charge in [-0.2, -0.15) is 0 Å². The zero-order valence-corrected chi connectivity index (χ0v) is 8.83. The van der Waals surface area contributed by atoms with E-state index >= 15 is 0 Å². The van der Waals surface area contributed by atoms with Gasteiger partial charge in [-0.05, 0) is 25.2 Å². The van der Waals surface area contributed by atoms with E-state index < -0.39 is 0 Å². The minimum Gasteiger partial charge on any atom is -0.391 e. The van der Waals surface area contributed by atoms with Crippen molar-refractivity contribution in [2.45, 2.75) is 31.9 Å². The van der Waals surface area contributed by atoms with Crippen LogP contribution in [0.15, 0.2) is 6.20 Å². The second-order valence-corrected chi connectivity index (χ2v) is 5.35. The third kappa shape index (κ3) is 1.25. The van der Waals surface area contributed by atoms with Crippen LogP contribution in [0.2, 0.25) is 0 Å². The van der Waals surface area contributed by atoms with Crippen molar-refractivity contribution in [2.75, 3.05) is 11.4 Å². The number of aromatic nitrogens is 1. The van der Waals surface area contributed by atoms with E-state index in [1.165, 1.54) is 25.8 Å². The van der Waals surface area contributed by atoms with E-state index in [0.717, 1.165) is 22.0 Å².